The van der Waals surface area contributed by atoms with Crippen molar-refractivity contribution < 1.29 is 14.9 Å². The van der Waals surface area contributed by atoms with Gasteiger partial charge in [-0.25, -0.2) is 0 Å². The summed E-state index contributed by atoms with van der Waals surface area (Å²) in [5, 5.41) is 27.0. The van der Waals surface area contributed by atoms with Gasteiger partial charge in [0.15, 0.2) is 0 Å². The third kappa shape index (κ3) is 6.03. The van der Waals surface area contributed by atoms with Gasteiger partial charge in [-0.05, 0) is 35.2 Å². The molecule has 1 atom stereocenters. The third-order valence-electron chi connectivity index (χ3n) is 5.67. The molecule has 1 heterocycles. The summed E-state index contributed by atoms with van der Waals surface area (Å²) in [5.41, 5.74) is 4.75. The van der Waals surface area contributed by atoms with Crippen molar-refractivity contribution in [3.8, 4) is 11.5 Å². The van der Waals surface area contributed by atoms with Crippen LogP contribution in [0.25, 0.3) is 10.2 Å². The summed E-state index contributed by atoms with van der Waals surface area (Å²) in [5.74, 6) is 0.920. The van der Waals surface area contributed by atoms with E-state index < -0.39 is 6.23 Å². The fourth-order valence-corrected chi connectivity index (χ4v) is 4.86. The minimum Gasteiger partial charge on any atom is -0.506 e. The molecule has 0 saturated heterocycles. The Kier molecular flexibility index (Phi) is 7.97. The van der Waals surface area contributed by atoms with Crippen molar-refractivity contribution in [1.29, 1.82) is 0 Å². The van der Waals surface area contributed by atoms with Gasteiger partial charge in [-0.15, -0.1) is 0 Å². The van der Waals surface area contributed by atoms with Crippen LogP contribution in [0.4, 0.5) is 0 Å². The number of fused-ring (bicyclic) bond motifs is 1. The maximum absolute atomic E-state index is 11.7. The number of para-hydroxylation sites is 1. The Morgan fingerprint density at radius 3 is 2.71 bits per heavy atom. The highest BCUT2D eigenvalue weighted by Crippen LogP contribution is 2.28. The number of aromatic amines is 1. The number of nitrogens with one attached hydrogen (secondary N) is 3. The molecule has 0 amide bonds. The number of phenols is 1. The van der Waals surface area contributed by atoms with E-state index in [0.717, 1.165) is 47.7 Å². The molecular weight excluding hydrogens is 450 g/mol. The summed E-state index contributed by atoms with van der Waals surface area (Å²) in [6.45, 7) is 2.09. The Balaban J connectivity index is 1.26. The number of aromatic nitrogens is 1. The van der Waals surface area contributed by atoms with Crippen molar-refractivity contribution >= 4 is 21.6 Å². The molecule has 4 aromatic rings. The van der Waals surface area contributed by atoms with Crippen LogP contribution in [0.3, 0.4) is 0 Å². The van der Waals surface area contributed by atoms with Crippen LogP contribution >= 0.6 is 11.3 Å². The second kappa shape index (κ2) is 11.3. The zero-order valence-electron chi connectivity index (χ0n) is 19.0. The summed E-state index contributed by atoms with van der Waals surface area (Å²) in [6, 6.07) is 19.7. The largest absolute Gasteiger partial charge is 0.506 e. The molecule has 0 aliphatic heterocycles. The number of aliphatic hydroxyl groups is 1. The number of aliphatic hydroxyl groups excluding tert-OH is 1. The van der Waals surface area contributed by atoms with Crippen molar-refractivity contribution in [3.63, 3.8) is 0 Å². The number of thiazole rings is 1. The molecule has 178 valence electrons. The number of hydrogen-bond donors (Lipinski definition) is 5. The van der Waals surface area contributed by atoms with Crippen molar-refractivity contribution in [2.45, 2.75) is 32.2 Å². The fraction of sp³-hybridized carbons (Fsp3) is 0.269. The lowest BCUT2D eigenvalue weighted by atomic mass is 10.1. The average Bonchev–Trinajstić information content (AvgIpc) is 3.24. The SMILES string of the molecule is COc1ccccc1CNCc1cccc(CCNC(O)Cc2ccc(O)c3[nH]c(=O)sc23)c1. The smallest absolute Gasteiger partial charge is 0.305 e. The molecule has 0 bridgehead atoms. The van der Waals surface area contributed by atoms with Crippen LogP contribution < -0.4 is 20.2 Å². The van der Waals surface area contributed by atoms with Crippen LogP contribution in [-0.4, -0.2) is 35.1 Å². The number of methoxy groups -OCH3 is 1. The van der Waals surface area contributed by atoms with E-state index in [4.69, 9.17) is 4.74 Å². The zero-order valence-corrected chi connectivity index (χ0v) is 19.8. The van der Waals surface area contributed by atoms with E-state index in [2.05, 4.69) is 39.9 Å². The highest BCUT2D eigenvalue weighted by Gasteiger charge is 2.13. The predicted molar refractivity (Wildman–Crippen MR) is 136 cm³/mol. The van der Waals surface area contributed by atoms with E-state index in [9.17, 15) is 15.0 Å². The average molecular weight is 480 g/mol. The summed E-state index contributed by atoms with van der Waals surface area (Å²) in [6.07, 6.45) is 0.368. The normalized spacial score (nSPS) is 12.2. The van der Waals surface area contributed by atoms with Crippen molar-refractivity contribution in [3.05, 3.63) is 92.6 Å². The van der Waals surface area contributed by atoms with Gasteiger partial charge in [0.05, 0.1) is 11.8 Å². The summed E-state index contributed by atoms with van der Waals surface area (Å²) in [4.78, 5) is 14.1. The first-order valence-electron chi connectivity index (χ1n) is 11.2. The van der Waals surface area contributed by atoms with Crippen LogP contribution in [0.1, 0.15) is 22.3 Å². The molecule has 0 aliphatic carbocycles. The molecule has 0 aliphatic rings. The van der Waals surface area contributed by atoms with Gasteiger partial charge in [-0.2, -0.15) is 0 Å². The Labute approximate surface area is 202 Å². The number of hydrogen-bond acceptors (Lipinski definition) is 7. The monoisotopic (exact) mass is 479 g/mol. The lowest BCUT2D eigenvalue weighted by Crippen LogP contribution is -2.32. The summed E-state index contributed by atoms with van der Waals surface area (Å²) < 4.78 is 6.08. The van der Waals surface area contributed by atoms with Crippen molar-refractivity contribution in [2.75, 3.05) is 13.7 Å². The van der Waals surface area contributed by atoms with Crippen LogP contribution in [-0.2, 0) is 25.9 Å². The highest BCUT2D eigenvalue weighted by molar-refractivity contribution is 7.16. The number of aromatic hydroxyl groups is 1. The minimum absolute atomic E-state index is 0.0387. The van der Waals surface area contributed by atoms with Crippen molar-refractivity contribution in [2.24, 2.45) is 0 Å². The van der Waals surface area contributed by atoms with Gasteiger partial charge in [-0.1, -0.05) is 59.9 Å². The number of phenolic OH excluding ortho intramolecular Hbond substituents is 1. The zero-order chi connectivity index (χ0) is 23.9. The Bertz CT molecular complexity index is 1300. The maximum Gasteiger partial charge on any atom is 0.305 e. The molecule has 0 fully saturated rings. The molecule has 7 nitrogen and oxygen atoms in total. The fourth-order valence-electron chi connectivity index (χ4n) is 3.98. The van der Waals surface area contributed by atoms with Crippen LogP contribution in [0.15, 0.2) is 65.5 Å². The molecule has 3 aromatic carbocycles. The first-order chi connectivity index (χ1) is 16.5. The molecule has 0 saturated carbocycles. The topological polar surface area (TPSA) is 107 Å². The van der Waals surface area contributed by atoms with Gasteiger partial charge < -0.3 is 25.3 Å². The van der Waals surface area contributed by atoms with E-state index in [1.54, 1.807) is 19.2 Å². The Hall–Kier alpha value is -3.17. The Morgan fingerprint density at radius 2 is 1.85 bits per heavy atom. The maximum atomic E-state index is 11.7. The number of H-pyrrole nitrogens is 1. The van der Waals surface area contributed by atoms with Gasteiger partial charge in [0.25, 0.3) is 0 Å². The van der Waals surface area contributed by atoms with E-state index >= 15 is 0 Å². The molecule has 34 heavy (non-hydrogen) atoms. The number of ether oxygens (including phenoxy) is 1. The van der Waals surface area contributed by atoms with Crippen LogP contribution in [0.2, 0.25) is 0 Å². The molecule has 1 aromatic heterocycles. The second-order valence-corrected chi connectivity index (χ2v) is 9.11. The molecule has 0 radical (unpaired) electrons. The van der Waals surface area contributed by atoms with E-state index in [1.807, 2.05) is 24.3 Å². The van der Waals surface area contributed by atoms with Gasteiger partial charge in [0, 0.05) is 31.6 Å². The van der Waals surface area contributed by atoms with Crippen LogP contribution in [0, 0.1) is 0 Å². The molecule has 0 spiro atoms. The van der Waals surface area contributed by atoms with Gasteiger partial charge >= 0.3 is 4.87 Å². The summed E-state index contributed by atoms with van der Waals surface area (Å²) in [7, 11) is 1.68. The number of benzene rings is 3. The van der Waals surface area contributed by atoms with E-state index in [-0.39, 0.29) is 10.6 Å². The van der Waals surface area contributed by atoms with E-state index in [0.29, 0.717) is 23.2 Å². The first-order valence-corrected chi connectivity index (χ1v) is 12.0. The lowest BCUT2D eigenvalue weighted by molar-refractivity contribution is 0.138. The molecule has 5 N–H and O–H groups in total. The lowest BCUT2D eigenvalue weighted by Gasteiger charge is -2.14. The Morgan fingerprint density at radius 1 is 1.03 bits per heavy atom. The minimum atomic E-state index is -0.754. The summed E-state index contributed by atoms with van der Waals surface area (Å²) >= 11 is 1.04. The van der Waals surface area contributed by atoms with E-state index in [1.165, 1.54) is 11.1 Å². The third-order valence-corrected chi connectivity index (χ3v) is 6.63. The molecular formula is C26H29N3O4S. The number of rotatable bonds is 11. The molecule has 8 heteroatoms. The van der Waals surface area contributed by atoms with Gasteiger partial charge in [0.2, 0.25) is 0 Å². The van der Waals surface area contributed by atoms with Crippen molar-refractivity contribution in [1.82, 2.24) is 15.6 Å². The highest BCUT2D eigenvalue weighted by atomic mass is 32.1. The van der Waals surface area contributed by atoms with Gasteiger partial charge in [-0.3, -0.25) is 10.1 Å². The van der Waals surface area contributed by atoms with Crippen LogP contribution in [0.5, 0.6) is 11.5 Å². The van der Waals surface area contributed by atoms with Gasteiger partial charge in [0.1, 0.15) is 23.2 Å². The standard InChI is InChI=1S/C26H29N3O4S/c1-33-22-8-3-2-7-20(22)16-27-15-18-6-4-5-17(13-18)11-12-28-23(31)14-19-9-10-21(30)24-25(19)34-26(32)29-24/h2-10,13,23,27-28,30-31H,11-12,14-16H2,1H3,(H,29,32). The molecule has 4 rings (SSSR count). The molecule has 1 unspecified atom stereocenters. The predicted octanol–water partition coefficient (Wildman–Crippen LogP) is 3.29. The quantitative estimate of drug-likeness (QED) is 0.211. The second-order valence-electron chi connectivity index (χ2n) is 8.12. The first kappa shape index (κ1) is 24.0.